The Morgan fingerprint density at radius 3 is 2.64 bits per heavy atom. The lowest BCUT2D eigenvalue weighted by atomic mass is 10.2. The summed E-state index contributed by atoms with van der Waals surface area (Å²) in [7, 11) is 0. The predicted molar refractivity (Wildman–Crippen MR) is 88.9 cm³/mol. The highest BCUT2D eigenvalue weighted by Crippen LogP contribution is 2.39. The van der Waals surface area contributed by atoms with E-state index in [1.54, 1.807) is 31.0 Å². The van der Waals surface area contributed by atoms with E-state index in [-0.39, 0.29) is 11.9 Å². The summed E-state index contributed by atoms with van der Waals surface area (Å²) in [6.45, 7) is 7.41. The van der Waals surface area contributed by atoms with Crippen LogP contribution in [0.25, 0.3) is 0 Å². The molecule has 1 aliphatic heterocycles. The van der Waals surface area contributed by atoms with Gasteiger partial charge in [-0.05, 0) is 39.3 Å². The first-order valence-corrected chi connectivity index (χ1v) is 7.70. The van der Waals surface area contributed by atoms with Gasteiger partial charge in [-0.2, -0.15) is 0 Å². The molecule has 1 atom stereocenters. The standard InChI is InChI=1S/C15H19Cl2N3O2/c1-7(2)20-6-12(19-9(4)15(20)21)22-14-10(16)5-11(18)8(3)13(14)17/h5-7,9,19H,18H2,1-4H3. The summed E-state index contributed by atoms with van der Waals surface area (Å²) in [4.78, 5) is 13.7. The van der Waals surface area contributed by atoms with Crippen LogP contribution in [0.3, 0.4) is 0 Å². The molecule has 0 bridgehead atoms. The largest absolute Gasteiger partial charge is 0.437 e. The normalized spacial score (nSPS) is 18.3. The molecule has 1 unspecified atom stereocenters. The number of nitrogens with one attached hydrogen (secondary N) is 1. The van der Waals surface area contributed by atoms with Crippen molar-refractivity contribution < 1.29 is 9.53 Å². The molecule has 1 aromatic rings. The molecule has 2 rings (SSSR count). The monoisotopic (exact) mass is 343 g/mol. The van der Waals surface area contributed by atoms with Gasteiger partial charge in [0, 0.05) is 11.7 Å². The number of hydrogen-bond donors (Lipinski definition) is 2. The molecule has 22 heavy (non-hydrogen) atoms. The number of anilines is 1. The van der Waals surface area contributed by atoms with Gasteiger partial charge in [0.25, 0.3) is 0 Å². The fourth-order valence-corrected chi connectivity index (χ4v) is 2.65. The number of halogens is 2. The van der Waals surface area contributed by atoms with Crippen LogP contribution in [0, 0.1) is 6.92 Å². The second kappa shape index (κ2) is 6.26. The van der Waals surface area contributed by atoms with E-state index in [0.29, 0.717) is 32.9 Å². The zero-order valence-electron chi connectivity index (χ0n) is 12.9. The third-order valence-electron chi connectivity index (χ3n) is 3.47. The zero-order valence-corrected chi connectivity index (χ0v) is 14.4. The summed E-state index contributed by atoms with van der Waals surface area (Å²) in [6, 6.07) is 1.22. The summed E-state index contributed by atoms with van der Waals surface area (Å²) < 4.78 is 5.79. The molecule has 0 aromatic heterocycles. The molecular formula is C15H19Cl2N3O2. The summed E-state index contributed by atoms with van der Waals surface area (Å²) in [5, 5.41) is 3.66. The molecule has 120 valence electrons. The molecule has 0 saturated heterocycles. The maximum Gasteiger partial charge on any atom is 0.249 e. The number of carbonyl (C=O) groups excluding carboxylic acids is 1. The van der Waals surface area contributed by atoms with E-state index >= 15 is 0 Å². The van der Waals surface area contributed by atoms with Gasteiger partial charge in [0.1, 0.15) is 6.04 Å². The van der Waals surface area contributed by atoms with Gasteiger partial charge in [0.05, 0.1) is 16.2 Å². The van der Waals surface area contributed by atoms with Gasteiger partial charge in [-0.1, -0.05) is 23.2 Å². The van der Waals surface area contributed by atoms with Crippen LogP contribution in [0.5, 0.6) is 5.75 Å². The van der Waals surface area contributed by atoms with Crippen LogP contribution in [0.1, 0.15) is 26.3 Å². The smallest absolute Gasteiger partial charge is 0.249 e. The number of nitrogens with zero attached hydrogens (tertiary/aromatic N) is 1. The highest BCUT2D eigenvalue weighted by Gasteiger charge is 2.28. The number of benzene rings is 1. The van der Waals surface area contributed by atoms with E-state index in [0.717, 1.165) is 0 Å². The van der Waals surface area contributed by atoms with Gasteiger partial charge in [-0.15, -0.1) is 0 Å². The Bertz CT molecular complexity index is 644. The van der Waals surface area contributed by atoms with E-state index in [1.807, 2.05) is 13.8 Å². The Kier molecular flexibility index (Phi) is 4.78. The Hall–Kier alpha value is -1.59. The van der Waals surface area contributed by atoms with Crippen LogP contribution in [0.4, 0.5) is 5.69 Å². The van der Waals surface area contributed by atoms with Gasteiger partial charge in [-0.3, -0.25) is 4.79 Å². The molecule has 0 aliphatic carbocycles. The van der Waals surface area contributed by atoms with Crippen LogP contribution in [0.2, 0.25) is 10.0 Å². The molecule has 5 nitrogen and oxygen atoms in total. The van der Waals surface area contributed by atoms with Crippen LogP contribution in [0.15, 0.2) is 18.1 Å². The molecule has 1 heterocycles. The summed E-state index contributed by atoms with van der Waals surface area (Å²) >= 11 is 12.4. The third kappa shape index (κ3) is 3.10. The van der Waals surface area contributed by atoms with Crippen molar-refractivity contribution >= 4 is 34.8 Å². The molecular weight excluding hydrogens is 325 g/mol. The zero-order chi connectivity index (χ0) is 16.6. The lowest BCUT2D eigenvalue weighted by molar-refractivity contribution is -0.133. The van der Waals surface area contributed by atoms with Crippen LogP contribution >= 0.6 is 23.2 Å². The fourth-order valence-electron chi connectivity index (χ4n) is 2.10. The molecule has 1 aromatic carbocycles. The van der Waals surface area contributed by atoms with Crippen molar-refractivity contribution in [3.63, 3.8) is 0 Å². The molecule has 0 radical (unpaired) electrons. The molecule has 3 N–H and O–H groups in total. The van der Waals surface area contributed by atoms with Crippen molar-refractivity contribution in [1.82, 2.24) is 10.2 Å². The lowest BCUT2D eigenvalue weighted by Crippen LogP contribution is -2.50. The molecule has 1 aliphatic rings. The van der Waals surface area contributed by atoms with Crippen LogP contribution < -0.4 is 15.8 Å². The van der Waals surface area contributed by atoms with E-state index in [9.17, 15) is 4.79 Å². The van der Waals surface area contributed by atoms with Gasteiger partial charge in [-0.25, -0.2) is 0 Å². The van der Waals surface area contributed by atoms with Gasteiger partial charge in [0.15, 0.2) is 5.75 Å². The number of hydrogen-bond acceptors (Lipinski definition) is 4. The number of amides is 1. The van der Waals surface area contributed by atoms with E-state index < -0.39 is 6.04 Å². The van der Waals surface area contributed by atoms with Gasteiger partial charge < -0.3 is 20.7 Å². The topological polar surface area (TPSA) is 67.6 Å². The quantitative estimate of drug-likeness (QED) is 0.826. The number of rotatable bonds is 3. The second-order valence-corrected chi connectivity index (χ2v) is 6.30. The van der Waals surface area contributed by atoms with Crippen molar-refractivity contribution in [1.29, 1.82) is 0 Å². The highest BCUT2D eigenvalue weighted by molar-refractivity contribution is 6.38. The SMILES string of the molecule is Cc1c(N)cc(Cl)c(OC2=CN(C(C)C)C(=O)C(C)N2)c1Cl. The first-order chi connectivity index (χ1) is 10.2. The maximum atomic E-state index is 12.1. The Morgan fingerprint density at radius 2 is 2.05 bits per heavy atom. The predicted octanol–water partition coefficient (Wildman–Crippen LogP) is 3.29. The number of carbonyl (C=O) groups is 1. The molecule has 0 fully saturated rings. The van der Waals surface area contributed by atoms with Crippen molar-refractivity contribution in [2.24, 2.45) is 0 Å². The maximum absolute atomic E-state index is 12.1. The first-order valence-electron chi connectivity index (χ1n) is 6.94. The summed E-state index contributed by atoms with van der Waals surface area (Å²) in [5.41, 5.74) is 7.01. The summed E-state index contributed by atoms with van der Waals surface area (Å²) in [6.07, 6.45) is 1.62. The van der Waals surface area contributed by atoms with Crippen molar-refractivity contribution in [2.75, 3.05) is 5.73 Å². The number of nitrogen functional groups attached to an aromatic ring is 1. The molecule has 0 saturated carbocycles. The van der Waals surface area contributed by atoms with E-state index in [4.69, 9.17) is 33.7 Å². The Labute approximate surface area is 140 Å². The van der Waals surface area contributed by atoms with Crippen molar-refractivity contribution in [3.05, 3.63) is 33.8 Å². The first kappa shape index (κ1) is 16.8. The van der Waals surface area contributed by atoms with E-state index in [1.165, 1.54) is 0 Å². The summed E-state index contributed by atoms with van der Waals surface area (Å²) in [5.74, 6) is 0.709. The van der Waals surface area contributed by atoms with Crippen molar-refractivity contribution in [3.8, 4) is 5.75 Å². The Balaban J connectivity index is 2.37. The second-order valence-electron chi connectivity index (χ2n) is 5.52. The molecule has 1 amide bonds. The van der Waals surface area contributed by atoms with Gasteiger partial charge >= 0.3 is 0 Å². The molecule has 7 heteroatoms. The average molecular weight is 344 g/mol. The van der Waals surface area contributed by atoms with Gasteiger partial charge in [0.2, 0.25) is 11.8 Å². The van der Waals surface area contributed by atoms with Crippen LogP contribution in [-0.2, 0) is 4.79 Å². The van der Waals surface area contributed by atoms with E-state index in [2.05, 4.69) is 5.32 Å². The number of ether oxygens (including phenoxy) is 1. The van der Waals surface area contributed by atoms with Crippen molar-refractivity contribution in [2.45, 2.75) is 39.8 Å². The minimum absolute atomic E-state index is 0.0203. The lowest BCUT2D eigenvalue weighted by Gasteiger charge is -2.32. The minimum atomic E-state index is -0.394. The fraction of sp³-hybridized carbons (Fsp3) is 0.400. The van der Waals surface area contributed by atoms with Crippen LogP contribution in [-0.4, -0.2) is 22.9 Å². The average Bonchev–Trinajstić information content (AvgIpc) is 2.44. The minimum Gasteiger partial charge on any atom is -0.437 e. The molecule has 0 spiro atoms. The highest BCUT2D eigenvalue weighted by atomic mass is 35.5. The number of nitrogens with two attached hydrogens (primary N) is 1. The Morgan fingerprint density at radius 1 is 1.41 bits per heavy atom. The third-order valence-corrected chi connectivity index (χ3v) is 4.20.